The van der Waals surface area contributed by atoms with Gasteiger partial charge in [-0.25, -0.2) is 9.97 Å². The number of halogens is 1. The highest BCUT2D eigenvalue weighted by Crippen LogP contribution is 2.29. The van der Waals surface area contributed by atoms with Crippen molar-refractivity contribution in [2.45, 2.75) is 19.9 Å². The minimum atomic E-state index is -0.596. The number of benzene rings is 1. The number of fused-ring (bicyclic) bond motifs is 3. The molecule has 0 saturated carbocycles. The third kappa shape index (κ3) is 3.09. The Morgan fingerprint density at radius 3 is 2.71 bits per heavy atom. The van der Waals surface area contributed by atoms with E-state index in [1.165, 1.54) is 0 Å². The zero-order valence-electron chi connectivity index (χ0n) is 15.6. The Morgan fingerprint density at radius 1 is 1.29 bits per heavy atom. The molecule has 0 radical (unpaired) electrons. The number of hydrogen-bond donors (Lipinski definition) is 2. The number of rotatable bonds is 5. The van der Waals surface area contributed by atoms with Gasteiger partial charge >= 0.3 is 0 Å². The van der Waals surface area contributed by atoms with E-state index >= 15 is 0 Å². The molecule has 0 spiro atoms. The van der Waals surface area contributed by atoms with Crippen LogP contribution >= 0.6 is 15.9 Å². The summed E-state index contributed by atoms with van der Waals surface area (Å²) in [6.07, 6.45) is 3.54. The summed E-state index contributed by atoms with van der Waals surface area (Å²) in [5.74, 6) is 0.440. The lowest BCUT2D eigenvalue weighted by Gasteiger charge is -2.20. The van der Waals surface area contributed by atoms with Gasteiger partial charge in [0.25, 0.3) is 0 Å². The van der Waals surface area contributed by atoms with Crippen LogP contribution in [0.2, 0.25) is 0 Å². The zero-order chi connectivity index (χ0) is 20.0. The van der Waals surface area contributed by atoms with Crippen LogP contribution in [0.1, 0.15) is 13.8 Å². The summed E-state index contributed by atoms with van der Waals surface area (Å²) in [7, 11) is 1.83. The van der Waals surface area contributed by atoms with Gasteiger partial charge in [0, 0.05) is 23.1 Å². The SMILES string of the molecule is CC(C)[C@@H](Nc1nc2c(Br)cccc2c2nc(-c3cnn(C)c3)nn12)C(N)=O. The fourth-order valence-corrected chi connectivity index (χ4v) is 3.51. The normalized spacial score (nSPS) is 12.8. The third-order valence-electron chi connectivity index (χ3n) is 4.47. The molecular weight excluding hydrogens is 424 g/mol. The second kappa shape index (κ2) is 6.86. The summed E-state index contributed by atoms with van der Waals surface area (Å²) in [5, 5.41) is 12.8. The summed E-state index contributed by atoms with van der Waals surface area (Å²) in [4.78, 5) is 21.3. The van der Waals surface area contributed by atoms with Crippen LogP contribution in [0, 0.1) is 5.92 Å². The second-order valence-electron chi connectivity index (χ2n) is 6.91. The van der Waals surface area contributed by atoms with Crippen LogP contribution < -0.4 is 11.1 Å². The lowest BCUT2D eigenvalue weighted by atomic mass is 10.0. The molecule has 4 rings (SSSR count). The number of aryl methyl sites for hydroxylation is 1. The number of nitrogens with two attached hydrogens (primary N) is 1. The first-order valence-electron chi connectivity index (χ1n) is 8.75. The standard InChI is InChI=1S/C18H19BrN8O/c1-9(2)13(15(20)28)22-18-23-14-11(5-4-6-12(14)19)17-24-16(25-27(17)18)10-7-21-26(3)8-10/h4-9,13H,1-3H3,(H2,20,28)(H,22,23)/t13-/m1/s1. The van der Waals surface area contributed by atoms with E-state index < -0.39 is 11.9 Å². The molecule has 1 amide bonds. The topological polar surface area (TPSA) is 116 Å². The van der Waals surface area contributed by atoms with Gasteiger partial charge in [-0.05, 0) is 34.0 Å². The van der Waals surface area contributed by atoms with E-state index in [0.29, 0.717) is 17.4 Å². The second-order valence-corrected chi connectivity index (χ2v) is 7.77. The van der Waals surface area contributed by atoms with Gasteiger partial charge < -0.3 is 11.1 Å². The molecular formula is C18H19BrN8O. The molecule has 4 aromatic rings. The predicted molar refractivity (Wildman–Crippen MR) is 110 cm³/mol. The molecule has 0 unspecified atom stereocenters. The molecule has 3 aromatic heterocycles. The molecule has 0 saturated heterocycles. The van der Waals surface area contributed by atoms with Crippen LogP contribution in [-0.2, 0) is 11.8 Å². The highest BCUT2D eigenvalue weighted by Gasteiger charge is 2.23. The van der Waals surface area contributed by atoms with Gasteiger partial charge in [-0.15, -0.1) is 5.10 Å². The van der Waals surface area contributed by atoms with Crippen molar-refractivity contribution in [2.75, 3.05) is 5.32 Å². The molecule has 3 N–H and O–H groups in total. The van der Waals surface area contributed by atoms with Crippen LogP contribution in [0.25, 0.3) is 27.9 Å². The number of para-hydroxylation sites is 1. The Kier molecular flexibility index (Phi) is 4.50. The third-order valence-corrected chi connectivity index (χ3v) is 5.11. The number of nitrogens with zero attached hydrogens (tertiary/aromatic N) is 6. The van der Waals surface area contributed by atoms with Crippen LogP contribution in [0.15, 0.2) is 35.1 Å². The summed E-state index contributed by atoms with van der Waals surface area (Å²) in [5.41, 5.74) is 7.71. The number of aromatic nitrogens is 6. The molecule has 0 aliphatic rings. The average Bonchev–Trinajstić information content (AvgIpc) is 3.26. The van der Waals surface area contributed by atoms with Gasteiger partial charge in [0.05, 0.1) is 17.3 Å². The van der Waals surface area contributed by atoms with Crippen LogP contribution in [-0.4, -0.2) is 41.3 Å². The Hall–Kier alpha value is -3.01. The maximum absolute atomic E-state index is 11.9. The van der Waals surface area contributed by atoms with E-state index in [1.54, 1.807) is 15.4 Å². The van der Waals surface area contributed by atoms with Gasteiger partial charge in [-0.1, -0.05) is 19.9 Å². The summed E-state index contributed by atoms with van der Waals surface area (Å²) < 4.78 is 4.12. The van der Waals surface area contributed by atoms with Crippen molar-refractivity contribution in [1.82, 2.24) is 29.4 Å². The van der Waals surface area contributed by atoms with E-state index in [4.69, 9.17) is 15.7 Å². The zero-order valence-corrected chi connectivity index (χ0v) is 17.2. The molecule has 1 aromatic carbocycles. The molecule has 0 aliphatic carbocycles. The first-order valence-corrected chi connectivity index (χ1v) is 9.54. The smallest absolute Gasteiger partial charge is 0.240 e. The van der Waals surface area contributed by atoms with Crippen LogP contribution in [0.5, 0.6) is 0 Å². The molecule has 9 nitrogen and oxygen atoms in total. The Labute approximate surface area is 169 Å². The quantitative estimate of drug-likeness (QED) is 0.489. The molecule has 0 fully saturated rings. The average molecular weight is 443 g/mol. The van der Waals surface area contributed by atoms with E-state index in [0.717, 1.165) is 20.9 Å². The maximum Gasteiger partial charge on any atom is 0.240 e. The first-order chi connectivity index (χ1) is 13.3. The number of carbonyl (C=O) groups is 1. The number of carbonyl (C=O) groups excluding carboxylic acids is 1. The molecule has 10 heteroatoms. The number of nitrogens with one attached hydrogen (secondary N) is 1. The molecule has 0 aliphatic heterocycles. The monoisotopic (exact) mass is 442 g/mol. The highest BCUT2D eigenvalue weighted by atomic mass is 79.9. The number of amides is 1. The fraction of sp³-hybridized carbons (Fsp3) is 0.278. The first kappa shape index (κ1) is 18.4. The fourth-order valence-electron chi connectivity index (χ4n) is 3.05. The van der Waals surface area contributed by atoms with Crippen molar-refractivity contribution < 1.29 is 4.79 Å². The minimum Gasteiger partial charge on any atom is -0.368 e. The van der Waals surface area contributed by atoms with Gasteiger partial charge in [0.2, 0.25) is 11.9 Å². The van der Waals surface area contributed by atoms with E-state index in [9.17, 15) is 4.79 Å². The maximum atomic E-state index is 11.9. The Bertz CT molecular complexity index is 1200. The van der Waals surface area contributed by atoms with Gasteiger partial charge in [-0.3, -0.25) is 9.48 Å². The molecule has 0 bridgehead atoms. The molecule has 3 heterocycles. The summed E-state index contributed by atoms with van der Waals surface area (Å²) in [6, 6.07) is 5.16. The number of hydrogen-bond acceptors (Lipinski definition) is 6. The molecule has 28 heavy (non-hydrogen) atoms. The van der Waals surface area contributed by atoms with Crippen molar-refractivity contribution in [3.63, 3.8) is 0 Å². The van der Waals surface area contributed by atoms with Crippen LogP contribution in [0.4, 0.5) is 5.95 Å². The number of anilines is 1. The lowest BCUT2D eigenvalue weighted by Crippen LogP contribution is -2.40. The van der Waals surface area contributed by atoms with Gasteiger partial charge in [0.15, 0.2) is 11.5 Å². The summed E-state index contributed by atoms with van der Waals surface area (Å²) >= 11 is 3.54. The molecule has 144 valence electrons. The Balaban J connectivity index is 1.97. The largest absolute Gasteiger partial charge is 0.368 e. The van der Waals surface area contributed by atoms with E-state index in [-0.39, 0.29) is 5.92 Å². The summed E-state index contributed by atoms with van der Waals surface area (Å²) in [6.45, 7) is 3.83. The Morgan fingerprint density at radius 2 is 2.07 bits per heavy atom. The van der Waals surface area contributed by atoms with Crippen molar-refractivity contribution in [3.8, 4) is 11.4 Å². The van der Waals surface area contributed by atoms with Crippen LogP contribution in [0.3, 0.4) is 0 Å². The van der Waals surface area contributed by atoms with Gasteiger partial charge in [0.1, 0.15) is 6.04 Å². The van der Waals surface area contributed by atoms with Crippen molar-refractivity contribution in [3.05, 3.63) is 35.1 Å². The van der Waals surface area contributed by atoms with Crippen molar-refractivity contribution >= 4 is 44.3 Å². The van der Waals surface area contributed by atoms with E-state index in [1.807, 2.05) is 45.3 Å². The van der Waals surface area contributed by atoms with E-state index in [2.05, 4.69) is 31.4 Å². The predicted octanol–water partition coefficient (Wildman–Crippen LogP) is 2.36. The lowest BCUT2D eigenvalue weighted by molar-refractivity contribution is -0.119. The molecule has 1 atom stereocenters. The van der Waals surface area contributed by atoms with Gasteiger partial charge in [-0.2, -0.15) is 9.61 Å². The van der Waals surface area contributed by atoms with Crippen molar-refractivity contribution in [1.29, 1.82) is 0 Å². The number of primary amides is 1. The minimum absolute atomic E-state index is 0.0226. The van der Waals surface area contributed by atoms with Crippen molar-refractivity contribution in [2.24, 2.45) is 18.7 Å². The highest BCUT2D eigenvalue weighted by molar-refractivity contribution is 9.10.